The predicted octanol–water partition coefficient (Wildman–Crippen LogP) is 3.32. The zero-order valence-corrected chi connectivity index (χ0v) is 13.5. The zero-order valence-electron chi connectivity index (χ0n) is 12.7. The van der Waals surface area contributed by atoms with Crippen molar-refractivity contribution >= 4 is 23.1 Å². The molecule has 0 aliphatic carbocycles. The van der Waals surface area contributed by atoms with Crippen LogP contribution in [0, 0.1) is 6.92 Å². The summed E-state index contributed by atoms with van der Waals surface area (Å²) in [7, 11) is 0. The molecule has 3 aromatic rings. The fraction of sp³-hybridized carbons (Fsp3) is 0.176. The van der Waals surface area contributed by atoms with Crippen LogP contribution in [0.5, 0.6) is 5.75 Å². The Morgan fingerprint density at radius 3 is 3.00 bits per heavy atom. The number of benzene rings is 1. The summed E-state index contributed by atoms with van der Waals surface area (Å²) < 4.78 is 7.26. The van der Waals surface area contributed by atoms with Crippen molar-refractivity contribution in [2.45, 2.75) is 13.5 Å². The Morgan fingerprint density at radius 2 is 2.22 bits per heavy atom. The number of nitrogens with one attached hydrogen (secondary N) is 1. The van der Waals surface area contributed by atoms with Gasteiger partial charge in [0.05, 0.1) is 12.7 Å². The van der Waals surface area contributed by atoms with E-state index in [1.807, 2.05) is 48.7 Å². The highest BCUT2D eigenvalue weighted by Gasteiger charge is 2.09. The molecule has 118 valence electrons. The molecule has 0 atom stereocenters. The molecule has 5 nitrogen and oxygen atoms in total. The molecule has 0 bridgehead atoms. The van der Waals surface area contributed by atoms with Gasteiger partial charge in [-0.15, -0.1) is 11.3 Å². The van der Waals surface area contributed by atoms with E-state index in [4.69, 9.17) is 4.74 Å². The van der Waals surface area contributed by atoms with Gasteiger partial charge in [-0.2, -0.15) is 5.10 Å². The summed E-state index contributed by atoms with van der Waals surface area (Å²) in [6, 6.07) is 13.4. The van der Waals surface area contributed by atoms with Gasteiger partial charge < -0.3 is 10.1 Å². The average Bonchev–Trinajstić information content (AvgIpc) is 3.19. The van der Waals surface area contributed by atoms with Gasteiger partial charge in [0, 0.05) is 10.9 Å². The van der Waals surface area contributed by atoms with Crippen LogP contribution < -0.4 is 10.1 Å². The van der Waals surface area contributed by atoms with Crippen LogP contribution in [0.1, 0.15) is 10.4 Å². The largest absolute Gasteiger partial charge is 0.484 e. The topological polar surface area (TPSA) is 56.1 Å². The lowest BCUT2D eigenvalue weighted by molar-refractivity contribution is -0.118. The summed E-state index contributed by atoms with van der Waals surface area (Å²) >= 11 is 1.66. The molecule has 0 spiro atoms. The van der Waals surface area contributed by atoms with Gasteiger partial charge in [-0.3, -0.25) is 4.79 Å². The van der Waals surface area contributed by atoms with Gasteiger partial charge in [0.25, 0.3) is 5.91 Å². The smallest absolute Gasteiger partial charge is 0.263 e. The summed E-state index contributed by atoms with van der Waals surface area (Å²) in [4.78, 5) is 13.2. The second-order valence-corrected chi connectivity index (χ2v) is 6.14. The van der Waals surface area contributed by atoms with Crippen LogP contribution in [0.25, 0.3) is 0 Å². The number of hydrogen-bond donors (Lipinski definition) is 1. The van der Waals surface area contributed by atoms with Crippen molar-refractivity contribution in [3.05, 3.63) is 64.5 Å². The van der Waals surface area contributed by atoms with Gasteiger partial charge in [0.2, 0.25) is 0 Å². The number of aryl methyl sites for hydroxylation is 1. The van der Waals surface area contributed by atoms with Crippen molar-refractivity contribution in [3.8, 4) is 5.75 Å². The molecule has 6 heteroatoms. The van der Waals surface area contributed by atoms with E-state index in [-0.39, 0.29) is 12.5 Å². The van der Waals surface area contributed by atoms with Crippen LogP contribution in [0.2, 0.25) is 0 Å². The van der Waals surface area contributed by atoms with Gasteiger partial charge >= 0.3 is 0 Å². The third-order valence-electron chi connectivity index (χ3n) is 3.23. The summed E-state index contributed by atoms with van der Waals surface area (Å²) in [5.74, 6) is 1.14. The molecule has 0 aliphatic rings. The summed E-state index contributed by atoms with van der Waals surface area (Å²) in [6.07, 6.45) is 1.67. The van der Waals surface area contributed by atoms with E-state index in [1.165, 1.54) is 4.88 Å². The maximum absolute atomic E-state index is 12.0. The molecular formula is C17H17N3O2S. The molecule has 3 rings (SSSR count). The number of hydrogen-bond acceptors (Lipinski definition) is 4. The Balaban J connectivity index is 1.57. The van der Waals surface area contributed by atoms with Crippen molar-refractivity contribution in [2.75, 3.05) is 11.9 Å². The Kier molecular flexibility index (Phi) is 4.73. The fourth-order valence-corrected chi connectivity index (χ4v) is 2.83. The maximum atomic E-state index is 12.0. The van der Waals surface area contributed by atoms with Crippen molar-refractivity contribution < 1.29 is 9.53 Å². The molecule has 2 aromatic heterocycles. The van der Waals surface area contributed by atoms with E-state index >= 15 is 0 Å². The Hall–Kier alpha value is -2.60. The minimum atomic E-state index is -0.209. The minimum absolute atomic E-state index is 0.0341. The van der Waals surface area contributed by atoms with Gasteiger partial charge in [0.1, 0.15) is 11.6 Å². The molecule has 1 amide bonds. The lowest BCUT2D eigenvalue weighted by atomic mass is 10.2. The van der Waals surface area contributed by atoms with Gasteiger partial charge in [-0.1, -0.05) is 18.2 Å². The molecular weight excluding hydrogens is 310 g/mol. The number of amides is 1. The number of aromatic nitrogens is 2. The number of carbonyl (C=O) groups is 1. The van der Waals surface area contributed by atoms with Crippen LogP contribution in [-0.2, 0) is 11.3 Å². The molecule has 0 unspecified atom stereocenters. The standard InChI is InChI=1S/C17H17N3O2S/c1-13-4-2-5-14(10-13)22-12-17(21)19-16-7-8-18-20(16)11-15-6-3-9-23-15/h2-10H,11-12H2,1H3,(H,19,21). The van der Waals surface area contributed by atoms with E-state index in [2.05, 4.69) is 10.4 Å². The van der Waals surface area contributed by atoms with Crippen molar-refractivity contribution in [1.82, 2.24) is 9.78 Å². The summed E-state index contributed by atoms with van der Waals surface area (Å²) in [6.45, 7) is 2.59. The van der Waals surface area contributed by atoms with Crippen LogP contribution in [0.4, 0.5) is 5.82 Å². The Bertz CT molecular complexity index is 781. The SMILES string of the molecule is Cc1cccc(OCC(=O)Nc2ccnn2Cc2cccs2)c1. The lowest BCUT2D eigenvalue weighted by Crippen LogP contribution is -2.22. The first-order valence-corrected chi connectivity index (χ1v) is 8.12. The number of anilines is 1. The van der Waals surface area contributed by atoms with Crippen molar-refractivity contribution in [2.24, 2.45) is 0 Å². The van der Waals surface area contributed by atoms with Crippen LogP contribution >= 0.6 is 11.3 Å². The van der Waals surface area contributed by atoms with Crippen molar-refractivity contribution in [1.29, 1.82) is 0 Å². The number of ether oxygens (including phenoxy) is 1. The number of thiophene rings is 1. The third-order valence-corrected chi connectivity index (χ3v) is 4.09. The Morgan fingerprint density at radius 1 is 1.30 bits per heavy atom. The maximum Gasteiger partial charge on any atom is 0.263 e. The van der Waals surface area contributed by atoms with Crippen molar-refractivity contribution in [3.63, 3.8) is 0 Å². The number of carbonyl (C=O) groups excluding carboxylic acids is 1. The van der Waals surface area contributed by atoms with Crippen LogP contribution in [0.15, 0.2) is 54.0 Å². The fourth-order valence-electron chi connectivity index (χ4n) is 2.15. The second-order valence-electron chi connectivity index (χ2n) is 5.11. The summed E-state index contributed by atoms with van der Waals surface area (Å²) in [5.41, 5.74) is 1.09. The average molecular weight is 327 g/mol. The molecule has 0 fully saturated rings. The minimum Gasteiger partial charge on any atom is -0.484 e. The highest BCUT2D eigenvalue weighted by Crippen LogP contribution is 2.15. The molecule has 1 aromatic carbocycles. The quantitative estimate of drug-likeness (QED) is 0.755. The molecule has 0 aliphatic heterocycles. The van der Waals surface area contributed by atoms with E-state index in [0.717, 1.165) is 5.56 Å². The van der Waals surface area contributed by atoms with Gasteiger partial charge in [0.15, 0.2) is 6.61 Å². The predicted molar refractivity (Wildman–Crippen MR) is 91.0 cm³/mol. The molecule has 23 heavy (non-hydrogen) atoms. The normalized spacial score (nSPS) is 10.5. The van der Waals surface area contributed by atoms with E-state index in [9.17, 15) is 4.79 Å². The first-order valence-electron chi connectivity index (χ1n) is 7.24. The van der Waals surface area contributed by atoms with E-state index in [1.54, 1.807) is 28.3 Å². The lowest BCUT2D eigenvalue weighted by Gasteiger charge is -2.09. The monoisotopic (exact) mass is 327 g/mol. The molecule has 2 heterocycles. The molecule has 0 radical (unpaired) electrons. The summed E-state index contributed by atoms with van der Waals surface area (Å²) in [5, 5.41) is 9.09. The molecule has 0 saturated carbocycles. The molecule has 0 saturated heterocycles. The van der Waals surface area contributed by atoms with Crippen LogP contribution in [-0.4, -0.2) is 22.3 Å². The highest BCUT2D eigenvalue weighted by atomic mass is 32.1. The number of rotatable bonds is 6. The van der Waals surface area contributed by atoms with Gasteiger partial charge in [-0.25, -0.2) is 4.68 Å². The van der Waals surface area contributed by atoms with E-state index < -0.39 is 0 Å². The first kappa shape index (κ1) is 15.3. The van der Waals surface area contributed by atoms with E-state index in [0.29, 0.717) is 18.1 Å². The van der Waals surface area contributed by atoms with Gasteiger partial charge in [-0.05, 0) is 36.1 Å². The zero-order chi connectivity index (χ0) is 16.1. The first-order chi connectivity index (χ1) is 11.2. The molecule has 1 N–H and O–H groups in total. The number of nitrogens with zero attached hydrogens (tertiary/aromatic N) is 2. The van der Waals surface area contributed by atoms with Crippen LogP contribution in [0.3, 0.4) is 0 Å². The highest BCUT2D eigenvalue weighted by molar-refractivity contribution is 7.09. The second kappa shape index (κ2) is 7.11. The Labute approximate surface area is 138 Å². The third kappa shape index (κ3) is 4.20.